The van der Waals surface area contributed by atoms with Crippen LogP contribution in [0.25, 0.3) is 0 Å². The molecule has 0 unspecified atom stereocenters. The smallest absolute Gasteiger partial charge is 0.338 e. The van der Waals surface area contributed by atoms with Gasteiger partial charge in [-0.2, -0.15) is 0 Å². The molecule has 0 radical (unpaired) electrons. The van der Waals surface area contributed by atoms with Crippen LogP contribution in [-0.2, 0) is 9.53 Å². The largest absolute Gasteiger partial charge is 0.452 e. The zero-order valence-electron chi connectivity index (χ0n) is 15.0. The Hall–Kier alpha value is -3.27. The third-order valence-corrected chi connectivity index (χ3v) is 4.70. The Balaban J connectivity index is 1.56. The highest BCUT2D eigenvalue weighted by atomic mass is 79.9. The van der Waals surface area contributed by atoms with Crippen molar-refractivity contribution >= 4 is 45.1 Å². The number of nitro benzene ring substituents is 1. The molecule has 1 saturated carbocycles. The Bertz CT molecular complexity index is 990. The molecule has 1 aliphatic carbocycles. The van der Waals surface area contributed by atoms with E-state index in [0.717, 1.165) is 18.9 Å². The number of ether oxygens (including phenoxy) is 1. The van der Waals surface area contributed by atoms with Crippen LogP contribution in [0.5, 0.6) is 0 Å². The zero-order valence-corrected chi connectivity index (χ0v) is 16.6. The number of rotatable bonds is 7. The number of esters is 1. The van der Waals surface area contributed by atoms with Crippen LogP contribution in [0.1, 0.15) is 33.6 Å². The van der Waals surface area contributed by atoms with E-state index in [4.69, 9.17) is 4.74 Å². The minimum absolute atomic E-state index is 0.0496. The summed E-state index contributed by atoms with van der Waals surface area (Å²) in [5.74, 6) is -1.69. The molecule has 0 saturated heterocycles. The molecule has 0 aromatic heterocycles. The summed E-state index contributed by atoms with van der Waals surface area (Å²) in [6.07, 6.45) is 1.93. The average molecular weight is 462 g/mol. The molecule has 0 spiro atoms. The summed E-state index contributed by atoms with van der Waals surface area (Å²) >= 11 is 3.03. The molecule has 1 aliphatic rings. The molecule has 0 aliphatic heterocycles. The van der Waals surface area contributed by atoms with Crippen LogP contribution in [0.15, 0.2) is 46.9 Å². The van der Waals surface area contributed by atoms with E-state index in [1.165, 1.54) is 18.2 Å². The molecule has 0 atom stereocenters. The van der Waals surface area contributed by atoms with Crippen molar-refractivity contribution < 1.29 is 24.0 Å². The van der Waals surface area contributed by atoms with Gasteiger partial charge in [-0.3, -0.25) is 19.7 Å². The fraction of sp³-hybridized carbons (Fsp3) is 0.211. The van der Waals surface area contributed by atoms with Gasteiger partial charge in [-0.15, -0.1) is 0 Å². The van der Waals surface area contributed by atoms with Crippen LogP contribution < -0.4 is 10.6 Å². The van der Waals surface area contributed by atoms with Crippen molar-refractivity contribution in [2.75, 3.05) is 11.9 Å². The molecule has 10 heteroatoms. The second kappa shape index (κ2) is 8.82. The van der Waals surface area contributed by atoms with Crippen molar-refractivity contribution in [3.05, 3.63) is 68.2 Å². The van der Waals surface area contributed by atoms with E-state index in [2.05, 4.69) is 26.6 Å². The molecule has 1 fully saturated rings. The highest BCUT2D eigenvalue weighted by molar-refractivity contribution is 9.10. The lowest BCUT2D eigenvalue weighted by atomic mass is 10.2. The Morgan fingerprint density at radius 3 is 2.59 bits per heavy atom. The summed E-state index contributed by atoms with van der Waals surface area (Å²) in [5.41, 5.74) is 0.458. The topological polar surface area (TPSA) is 128 Å². The minimum atomic E-state index is -0.867. The second-order valence-corrected chi connectivity index (χ2v) is 7.23. The van der Waals surface area contributed by atoms with E-state index in [-0.39, 0.29) is 27.7 Å². The van der Waals surface area contributed by atoms with Gasteiger partial charge in [0, 0.05) is 23.4 Å². The number of halogens is 1. The van der Waals surface area contributed by atoms with Gasteiger partial charge in [-0.05, 0) is 59.1 Å². The molecule has 9 nitrogen and oxygen atoms in total. The van der Waals surface area contributed by atoms with Crippen molar-refractivity contribution in [2.24, 2.45) is 0 Å². The Morgan fingerprint density at radius 2 is 1.90 bits per heavy atom. The Kier molecular flexibility index (Phi) is 6.23. The third kappa shape index (κ3) is 5.61. The first-order chi connectivity index (χ1) is 13.8. The first-order valence-corrected chi connectivity index (χ1v) is 9.44. The number of nitrogens with zero attached hydrogens (tertiary/aromatic N) is 1. The molecule has 2 amide bonds. The molecule has 2 N–H and O–H groups in total. The SMILES string of the molecule is O=C(COC(=O)c1ccc(Br)c([N+](=O)[O-])c1)Nc1cccc(C(=O)NC2CC2)c1. The predicted molar refractivity (Wildman–Crippen MR) is 107 cm³/mol. The zero-order chi connectivity index (χ0) is 21.0. The van der Waals surface area contributed by atoms with E-state index >= 15 is 0 Å². The van der Waals surface area contributed by atoms with Crippen LogP contribution >= 0.6 is 15.9 Å². The van der Waals surface area contributed by atoms with Crippen molar-refractivity contribution in [1.29, 1.82) is 0 Å². The van der Waals surface area contributed by atoms with E-state index in [1.807, 2.05) is 0 Å². The van der Waals surface area contributed by atoms with Crippen molar-refractivity contribution in [2.45, 2.75) is 18.9 Å². The monoisotopic (exact) mass is 461 g/mol. The van der Waals surface area contributed by atoms with Crippen molar-refractivity contribution in [3.63, 3.8) is 0 Å². The first-order valence-electron chi connectivity index (χ1n) is 8.65. The molecule has 29 heavy (non-hydrogen) atoms. The van der Waals surface area contributed by atoms with Gasteiger partial charge in [-0.25, -0.2) is 4.79 Å². The number of hydrogen-bond acceptors (Lipinski definition) is 6. The van der Waals surface area contributed by atoms with Crippen LogP contribution in [0.2, 0.25) is 0 Å². The molecular weight excluding hydrogens is 446 g/mol. The molecule has 0 heterocycles. The standard InChI is InChI=1S/C19H16BrN3O6/c20-15-7-4-12(9-16(15)23(27)28)19(26)29-10-17(24)21-14-3-1-2-11(8-14)18(25)22-13-5-6-13/h1-4,7-9,13H,5-6,10H2,(H,21,24)(H,22,25). The number of hydrogen-bond donors (Lipinski definition) is 2. The summed E-state index contributed by atoms with van der Waals surface area (Å²) < 4.78 is 5.13. The molecule has 2 aromatic carbocycles. The maximum atomic E-state index is 12.1. The molecule has 2 aromatic rings. The van der Waals surface area contributed by atoms with Crippen molar-refractivity contribution in [3.8, 4) is 0 Å². The van der Waals surface area contributed by atoms with Gasteiger partial charge in [0.2, 0.25) is 0 Å². The first kappa shape index (κ1) is 20.5. The van der Waals surface area contributed by atoms with Crippen LogP contribution in [-0.4, -0.2) is 35.4 Å². The van der Waals surface area contributed by atoms with Gasteiger partial charge in [0.1, 0.15) is 0 Å². The highest BCUT2D eigenvalue weighted by Gasteiger charge is 2.24. The number of anilines is 1. The van der Waals surface area contributed by atoms with Gasteiger partial charge in [-0.1, -0.05) is 6.07 Å². The van der Waals surface area contributed by atoms with Gasteiger partial charge in [0.05, 0.1) is 15.0 Å². The summed E-state index contributed by atoms with van der Waals surface area (Å²) in [6, 6.07) is 10.4. The maximum Gasteiger partial charge on any atom is 0.338 e. The number of amides is 2. The van der Waals surface area contributed by atoms with Crippen LogP contribution in [0, 0.1) is 10.1 Å². The summed E-state index contributed by atoms with van der Waals surface area (Å²) in [4.78, 5) is 46.4. The molecule has 3 rings (SSSR count). The minimum Gasteiger partial charge on any atom is -0.452 e. The normalized spacial score (nSPS) is 12.7. The highest BCUT2D eigenvalue weighted by Crippen LogP contribution is 2.26. The number of nitrogens with one attached hydrogen (secondary N) is 2. The Labute approximate surface area is 173 Å². The summed E-state index contributed by atoms with van der Waals surface area (Å²) in [6.45, 7) is -0.582. The van der Waals surface area contributed by atoms with Gasteiger partial charge < -0.3 is 15.4 Å². The lowest BCUT2D eigenvalue weighted by Crippen LogP contribution is -2.25. The number of benzene rings is 2. The summed E-state index contributed by atoms with van der Waals surface area (Å²) in [5, 5.41) is 16.3. The van der Waals surface area contributed by atoms with E-state index in [9.17, 15) is 24.5 Å². The quantitative estimate of drug-likeness (QED) is 0.370. The van der Waals surface area contributed by atoms with Crippen LogP contribution in [0.3, 0.4) is 0 Å². The molecule has 0 bridgehead atoms. The van der Waals surface area contributed by atoms with Gasteiger partial charge in [0.15, 0.2) is 6.61 Å². The predicted octanol–water partition coefficient (Wildman–Crippen LogP) is 3.05. The second-order valence-electron chi connectivity index (χ2n) is 6.38. The lowest BCUT2D eigenvalue weighted by Gasteiger charge is -2.09. The molecule has 150 valence electrons. The van der Waals surface area contributed by atoms with Gasteiger partial charge >= 0.3 is 5.97 Å². The fourth-order valence-electron chi connectivity index (χ4n) is 2.43. The number of nitro groups is 1. The van der Waals surface area contributed by atoms with Gasteiger partial charge in [0.25, 0.3) is 17.5 Å². The summed E-state index contributed by atoms with van der Waals surface area (Å²) in [7, 11) is 0. The fourth-order valence-corrected chi connectivity index (χ4v) is 2.82. The molecular formula is C19H16BrN3O6. The average Bonchev–Trinajstić information content (AvgIpc) is 3.50. The number of carbonyl (C=O) groups is 3. The van der Waals surface area contributed by atoms with Crippen molar-refractivity contribution in [1.82, 2.24) is 5.32 Å². The lowest BCUT2D eigenvalue weighted by molar-refractivity contribution is -0.385. The third-order valence-electron chi connectivity index (χ3n) is 4.03. The van der Waals surface area contributed by atoms with E-state index in [1.54, 1.807) is 18.2 Å². The maximum absolute atomic E-state index is 12.1. The van der Waals surface area contributed by atoms with E-state index in [0.29, 0.717) is 11.3 Å². The Morgan fingerprint density at radius 1 is 1.14 bits per heavy atom. The number of carbonyl (C=O) groups excluding carboxylic acids is 3. The van der Waals surface area contributed by atoms with E-state index < -0.39 is 23.4 Å². The van der Waals surface area contributed by atoms with Crippen LogP contribution in [0.4, 0.5) is 11.4 Å².